The molecular formula is C21H21F3N4O6S. The molecule has 0 saturated carbocycles. The van der Waals surface area contributed by atoms with Crippen molar-refractivity contribution >= 4 is 39.2 Å². The number of aromatic nitrogens is 1. The summed E-state index contributed by atoms with van der Waals surface area (Å²) < 4.78 is 66.5. The topological polar surface area (TPSA) is 126 Å². The van der Waals surface area contributed by atoms with Crippen LogP contribution in [0.1, 0.15) is 26.3 Å². The summed E-state index contributed by atoms with van der Waals surface area (Å²) in [6, 6.07) is 3.06. The van der Waals surface area contributed by atoms with E-state index in [0.717, 1.165) is 17.0 Å². The maximum absolute atomic E-state index is 13.1. The van der Waals surface area contributed by atoms with Crippen molar-refractivity contribution in [2.45, 2.75) is 49.9 Å². The van der Waals surface area contributed by atoms with Gasteiger partial charge in [0.15, 0.2) is 0 Å². The number of hydrogen-bond acceptors (Lipinski definition) is 7. The van der Waals surface area contributed by atoms with Crippen LogP contribution in [0.4, 0.5) is 34.1 Å². The van der Waals surface area contributed by atoms with E-state index in [4.69, 9.17) is 4.74 Å². The van der Waals surface area contributed by atoms with Crippen LogP contribution in [0, 0.1) is 0 Å². The largest absolute Gasteiger partial charge is 0.501 e. The van der Waals surface area contributed by atoms with Gasteiger partial charge in [-0.15, -0.1) is 0 Å². The lowest BCUT2D eigenvalue weighted by molar-refractivity contribution is -0.119. The number of carbonyl (C=O) groups excluding carboxylic acids is 3. The van der Waals surface area contributed by atoms with Gasteiger partial charge in [0.05, 0.1) is 35.1 Å². The van der Waals surface area contributed by atoms with Crippen molar-refractivity contribution < 1.29 is 40.7 Å². The predicted octanol–water partition coefficient (Wildman–Crippen LogP) is 3.69. The molecule has 1 unspecified atom stereocenters. The Balaban J connectivity index is 1.84. The molecular weight excluding hydrogens is 493 g/mol. The maximum Gasteiger partial charge on any atom is 0.501 e. The standard InChI is InChI=1S/C21H21F3N4O6S/c1-12(2)34-19(30)26-17-10-25-9-8-14(17)11-27-13(3)18(29)28(20(27)31)15-4-6-16(7-5-15)35(32,33)21(22,23)24/h4-10,12-13H,11H2,1-3H3,(H,26,30). The van der Waals surface area contributed by atoms with Crippen molar-refractivity contribution in [3.05, 3.63) is 48.3 Å². The molecule has 35 heavy (non-hydrogen) atoms. The van der Waals surface area contributed by atoms with E-state index in [0.29, 0.717) is 17.7 Å². The highest BCUT2D eigenvalue weighted by Crippen LogP contribution is 2.33. The molecule has 14 heteroatoms. The van der Waals surface area contributed by atoms with E-state index < -0.39 is 44.3 Å². The Morgan fingerprint density at radius 3 is 2.37 bits per heavy atom. The third kappa shape index (κ3) is 5.21. The number of hydrogen-bond donors (Lipinski definition) is 1. The molecule has 1 aromatic carbocycles. The molecule has 1 aliphatic rings. The van der Waals surface area contributed by atoms with Gasteiger partial charge in [-0.2, -0.15) is 13.2 Å². The van der Waals surface area contributed by atoms with Crippen molar-refractivity contribution in [3.8, 4) is 0 Å². The van der Waals surface area contributed by atoms with Gasteiger partial charge in [-0.25, -0.2) is 22.9 Å². The number of imide groups is 1. The Labute approximate surface area is 198 Å². The molecule has 2 aromatic rings. The molecule has 0 bridgehead atoms. The number of pyridine rings is 1. The van der Waals surface area contributed by atoms with Crippen molar-refractivity contribution in [1.29, 1.82) is 0 Å². The van der Waals surface area contributed by atoms with Crippen LogP contribution in [-0.4, -0.2) is 54.0 Å². The van der Waals surface area contributed by atoms with E-state index in [1.807, 2.05) is 0 Å². The predicted molar refractivity (Wildman–Crippen MR) is 117 cm³/mol. The van der Waals surface area contributed by atoms with Gasteiger partial charge >= 0.3 is 17.6 Å². The highest BCUT2D eigenvalue weighted by molar-refractivity contribution is 7.92. The minimum Gasteiger partial charge on any atom is -0.447 e. The SMILES string of the molecule is CC(C)OC(=O)Nc1cnccc1CN1C(=O)N(c2ccc(S(=O)(=O)C(F)(F)F)cc2)C(=O)C1C. The third-order valence-corrected chi connectivity index (χ3v) is 6.53. The molecule has 2 heterocycles. The number of halogens is 3. The summed E-state index contributed by atoms with van der Waals surface area (Å²) >= 11 is 0. The van der Waals surface area contributed by atoms with E-state index in [2.05, 4.69) is 10.3 Å². The number of benzene rings is 1. The fourth-order valence-corrected chi connectivity index (χ4v) is 4.03. The van der Waals surface area contributed by atoms with Crippen LogP contribution in [0.5, 0.6) is 0 Å². The molecule has 0 aliphatic carbocycles. The Kier molecular flexibility index (Phi) is 7.06. The number of sulfone groups is 1. The highest BCUT2D eigenvalue weighted by atomic mass is 32.2. The van der Waals surface area contributed by atoms with Crippen molar-refractivity contribution in [3.63, 3.8) is 0 Å². The normalized spacial score (nSPS) is 16.7. The van der Waals surface area contributed by atoms with Crippen LogP contribution >= 0.6 is 0 Å². The average Bonchev–Trinajstić information content (AvgIpc) is 2.97. The van der Waals surface area contributed by atoms with Gasteiger partial charge in [-0.05, 0) is 56.7 Å². The monoisotopic (exact) mass is 514 g/mol. The first-order valence-electron chi connectivity index (χ1n) is 10.2. The van der Waals surface area contributed by atoms with Crippen molar-refractivity contribution in [2.75, 3.05) is 10.2 Å². The smallest absolute Gasteiger partial charge is 0.447 e. The second-order valence-electron chi connectivity index (χ2n) is 7.82. The molecule has 10 nitrogen and oxygen atoms in total. The van der Waals surface area contributed by atoms with E-state index in [9.17, 15) is 36.0 Å². The van der Waals surface area contributed by atoms with Crippen LogP contribution in [0.3, 0.4) is 0 Å². The summed E-state index contributed by atoms with van der Waals surface area (Å²) in [5.41, 5.74) is -4.88. The van der Waals surface area contributed by atoms with Gasteiger partial charge in [0.2, 0.25) is 0 Å². The zero-order chi connectivity index (χ0) is 26.1. The number of nitrogens with one attached hydrogen (secondary N) is 1. The van der Waals surface area contributed by atoms with Gasteiger partial charge in [-0.3, -0.25) is 15.1 Å². The Bertz CT molecular complexity index is 1250. The molecule has 188 valence electrons. The van der Waals surface area contributed by atoms with Crippen molar-refractivity contribution in [2.24, 2.45) is 0 Å². The van der Waals surface area contributed by atoms with E-state index in [1.54, 1.807) is 13.8 Å². The fourth-order valence-electron chi connectivity index (χ4n) is 3.27. The molecule has 3 rings (SSSR count). The number of amides is 4. The quantitative estimate of drug-likeness (QED) is 0.583. The number of rotatable bonds is 6. The lowest BCUT2D eigenvalue weighted by Crippen LogP contribution is -2.34. The first-order chi connectivity index (χ1) is 16.2. The maximum atomic E-state index is 13.1. The third-order valence-electron chi connectivity index (χ3n) is 5.02. The Morgan fingerprint density at radius 2 is 1.80 bits per heavy atom. The second kappa shape index (κ2) is 9.52. The number of ether oxygens (including phenoxy) is 1. The molecule has 1 aromatic heterocycles. The molecule has 0 radical (unpaired) electrons. The summed E-state index contributed by atoms with van der Waals surface area (Å²) in [6.45, 7) is 4.69. The van der Waals surface area contributed by atoms with Gasteiger partial charge in [0.25, 0.3) is 15.7 Å². The number of alkyl halides is 3. The van der Waals surface area contributed by atoms with E-state index in [-0.39, 0.29) is 24.0 Å². The highest BCUT2D eigenvalue weighted by Gasteiger charge is 2.47. The van der Waals surface area contributed by atoms with Crippen LogP contribution in [0.15, 0.2) is 47.6 Å². The zero-order valence-electron chi connectivity index (χ0n) is 18.7. The van der Waals surface area contributed by atoms with Crippen LogP contribution in [-0.2, 0) is 25.9 Å². The summed E-state index contributed by atoms with van der Waals surface area (Å²) in [5, 5.41) is 2.52. The summed E-state index contributed by atoms with van der Waals surface area (Å²) in [7, 11) is -5.58. The van der Waals surface area contributed by atoms with Gasteiger partial charge < -0.3 is 9.64 Å². The lowest BCUT2D eigenvalue weighted by atomic mass is 10.2. The van der Waals surface area contributed by atoms with Crippen LogP contribution in [0.2, 0.25) is 0 Å². The summed E-state index contributed by atoms with van der Waals surface area (Å²) in [4.78, 5) is 42.7. The summed E-state index contributed by atoms with van der Waals surface area (Å²) in [6.07, 6.45) is 1.67. The van der Waals surface area contributed by atoms with Crippen molar-refractivity contribution in [1.82, 2.24) is 9.88 Å². The molecule has 1 aliphatic heterocycles. The molecule has 1 N–H and O–H groups in total. The zero-order valence-corrected chi connectivity index (χ0v) is 19.6. The molecule has 1 saturated heterocycles. The lowest BCUT2D eigenvalue weighted by Gasteiger charge is -2.21. The molecule has 1 atom stereocenters. The van der Waals surface area contributed by atoms with E-state index in [1.165, 1.54) is 30.3 Å². The van der Waals surface area contributed by atoms with Gasteiger partial charge in [-0.1, -0.05) is 0 Å². The van der Waals surface area contributed by atoms with Crippen LogP contribution < -0.4 is 10.2 Å². The molecule has 4 amide bonds. The van der Waals surface area contributed by atoms with E-state index >= 15 is 0 Å². The number of carbonyl (C=O) groups is 3. The van der Waals surface area contributed by atoms with Crippen LogP contribution in [0.25, 0.3) is 0 Å². The minimum atomic E-state index is -5.58. The first kappa shape index (κ1) is 25.9. The first-order valence-corrected chi connectivity index (χ1v) is 11.7. The minimum absolute atomic E-state index is 0.0935. The Morgan fingerprint density at radius 1 is 1.17 bits per heavy atom. The van der Waals surface area contributed by atoms with Gasteiger partial charge in [0.1, 0.15) is 6.04 Å². The van der Waals surface area contributed by atoms with Gasteiger partial charge in [0, 0.05) is 6.20 Å². The second-order valence-corrected chi connectivity index (χ2v) is 9.76. The molecule has 1 fully saturated rings. The summed E-state index contributed by atoms with van der Waals surface area (Å²) in [5.74, 6) is -0.663. The fraction of sp³-hybridized carbons (Fsp3) is 0.333. The molecule has 0 spiro atoms. The Hall–Kier alpha value is -3.68. The number of anilines is 2. The number of urea groups is 1. The number of nitrogens with zero attached hydrogens (tertiary/aromatic N) is 3. The average molecular weight is 514 g/mol.